The van der Waals surface area contributed by atoms with E-state index < -0.39 is 5.60 Å². The number of hydrogen-bond acceptors (Lipinski definition) is 1. The van der Waals surface area contributed by atoms with E-state index in [1.54, 1.807) is 0 Å². The van der Waals surface area contributed by atoms with Crippen LogP contribution < -0.4 is 0 Å². The lowest BCUT2D eigenvalue weighted by atomic mass is 9.80. The summed E-state index contributed by atoms with van der Waals surface area (Å²) >= 11 is 0. The van der Waals surface area contributed by atoms with Crippen molar-refractivity contribution >= 4 is 6.08 Å². The molecule has 0 bridgehead atoms. The fraction of sp³-hybridized carbons (Fsp3) is 0.133. The lowest BCUT2D eigenvalue weighted by Gasteiger charge is -2.30. The SMILES string of the molecule is OC(c1ccccc1)(c1ccccc1)[C@@H]1/C(=C\c2ccccc2)[C@@H]1Cc1ccccc1. The Morgan fingerprint density at radius 1 is 0.613 bits per heavy atom. The Morgan fingerprint density at radius 3 is 1.58 bits per heavy atom. The highest BCUT2D eigenvalue weighted by Crippen LogP contribution is 2.60. The molecule has 1 heteroatoms. The summed E-state index contributed by atoms with van der Waals surface area (Å²) in [6, 6.07) is 41.3. The van der Waals surface area contributed by atoms with Crippen LogP contribution in [0.2, 0.25) is 0 Å². The summed E-state index contributed by atoms with van der Waals surface area (Å²) in [5.41, 5.74) is 4.62. The molecule has 0 aromatic heterocycles. The Morgan fingerprint density at radius 2 is 1.06 bits per heavy atom. The summed E-state index contributed by atoms with van der Waals surface area (Å²) < 4.78 is 0. The molecule has 0 amide bonds. The monoisotopic (exact) mass is 402 g/mol. The fourth-order valence-corrected chi connectivity index (χ4v) is 4.82. The van der Waals surface area contributed by atoms with Gasteiger partial charge in [-0.2, -0.15) is 0 Å². The van der Waals surface area contributed by atoms with Crippen molar-refractivity contribution in [3.63, 3.8) is 0 Å². The molecule has 0 heterocycles. The zero-order chi connectivity index (χ0) is 21.1. The first-order chi connectivity index (χ1) is 15.3. The van der Waals surface area contributed by atoms with Crippen molar-refractivity contribution in [3.05, 3.63) is 149 Å². The van der Waals surface area contributed by atoms with E-state index in [1.165, 1.54) is 16.7 Å². The highest BCUT2D eigenvalue weighted by atomic mass is 16.3. The highest BCUT2D eigenvalue weighted by Gasteiger charge is 2.57. The molecule has 1 nitrogen and oxygen atoms in total. The first-order valence-electron chi connectivity index (χ1n) is 10.9. The van der Waals surface area contributed by atoms with Crippen molar-refractivity contribution in [3.8, 4) is 0 Å². The van der Waals surface area contributed by atoms with Gasteiger partial charge in [-0.25, -0.2) is 0 Å². The zero-order valence-corrected chi connectivity index (χ0v) is 17.4. The maximum Gasteiger partial charge on any atom is 0.122 e. The average Bonchev–Trinajstić information content (AvgIpc) is 3.52. The van der Waals surface area contributed by atoms with Gasteiger partial charge in [0.15, 0.2) is 0 Å². The van der Waals surface area contributed by atoms with Gasteiger partial charge in [0.1, 0.15) is 5.60 Å². The average molecular weight is 403 g/mol. The summed E-state index contributed by atoms with van der Waals surface area (Å²) in [5.74, 6) is 0.311. The van der Waals surface area contributed by atoms with E-state index in [0.717, 1.165) is 17.5 Å². The Bertz CT molecular complexity index is 1110. The van der Waals surface area contributed by atoms with E-state index >= 15 is 0 Å². The molecule has 2 atom stereocenters. The molecule has 1 saturated carbocycles. The lowest BCUT2D eigenvalue weighted by molar-refractivity contribution is 0.0541. The molecule has 0 spiro atoms. The van der Waals surface area contributed by atoms with Gasteiger partial charge in [-0.15, -0.1) is 0 Å². The van der Waals surface area contributed by atoms with Gasteiger partial charge in [0.25, 0.3) is 0 Å². The third kappa shape index (κ3) is 3.85. The number of benzene rings is 4. The van der Waals surface area contributed by atoms with E-state index in [2.05, 4.69) is 60.7 Å². The Balaban J connectivity index is 1.61. The molecule has 1 aliphatic carbocycles. The highest BCUT2D eigenvalue weighted by molar-refractivity contribution is 5.62. The molecule has 1 N–H and O–H groups in total. The van der Waals surface area contributed by atoms with Crippen molar-refractivity contribution in [2.24, 2.45) is 11.8 Å². The first-order valence-corrected chi connectivity index (χ1v) is 10.9. The van der Waals surface area contributed by atoms with Gasteiger partial charge in [0.2, 0.25) is 0 Å². The molecule has 0 unspecified atom stereocenters. The summed E-state index contributed by atoms with van der Waals surface area (Å²) in [5, 5.41) is 12.3. The van der Waals surface area contributed by atoms with Crippen LogP contribution in [0, 0.1) is 11.8 Å². The van der Waals surface area contributed by atoms with Gasteiger partial charge in [-0.1, -0.05) is 133 Å². The van der Waals surface area contributed by atoms with Crippen LogP contribution in [0.1, 0.15) is 22.3 Å². The topological polar surface area (TPSA) is 20.2 Å². The maximum absolute atomic E-state index is 12.3. The Hall–Kier alpha value is -3.42. The molecule has 5 rings (SSSR count). The van der Waals surface area contributed by atoms with Crippen LogP contribution in [-0.2, 0) is 12.0 Å². The molecule has 31 heavy (non-hydrogen) atoms. The van der Waals surface area contributed by atoms with Crippen LogP contribution in [0.3, 0.4) is 0 Å². The minimum Gasteiger partial charge on any atom is -0.380 e. The van der Waals surface area contributed by atoms with Crippen LogP contribution in [0.25, 0.3) is 6.08 Å². The Labute approximate surface area is 184 Å². The third-order valence-electron chi connectivity index (χ3n) is 6.39. The molecule has 4 aromatic rings. The summed E-state index contributed by atoms with van der Waals surface area (Å²) in [7, 11) is 0. The Kier molecular flexibility index (Phi) is 5.28. The van der Waals surface area contributed by atoms with Crippen molar-refractivity contribution in [2.45, 2.75) is 12.0 Å². The maximum atomic E-state index is 12.3. The third-order valence-corrected chi connectivity index (χ3v) is 6.39. The van der Waals surface area contributed by atoms with Crippen LogP contribution in [0.5, 0.6) is 0 Å². The van der Waals surface area contributed by atoms with Crippen LogP contribution in [0.15, 0.2) is 127 Å². The molecule has 152 valence electrons. The van der Waals surface area contributed by atoms with Gasteiger partial charge in [-0.05, 0) is 34.6 Å². The van der Waals surface area contributed by atoms with Crippen LogP contribution >= 0.6 is 0 Å². The van der Waals surface area contributed by atoms with Crippen molar-refractivity contribution < 1.29 is 5.11 Å². The number of rotatable bonds is 6. The van der Waals surface area contributed by atoms with Gasteiger partial charge in [0, 0.05) is 5.92 Å². The number of hydrogen-bond donors (Lipinski definition) is 1. The van der Waals surface area contributed by atoms with E-state index in [1.807, 2.05) is 66.7 Å². The van der Waals surface area contributed by atoms with E-state index in [4.69, 9.17) is 0 Å². The normalized spacial score (nSPS) is 19.3. The number of aliphatic hydroxyl groups is 1. The lowest BCUT2D eigenvalue weighted by Crippen LogP contribution is -2.31. The smallest absolute Gasteiger partial charge is 0.122 e. The van der Waals surface area contributed by atoms with E-state index in [0.29, 0.717) is 0 Å². The van der Waals surface area contributed by atoms with E-state index in [9.17, 15) is 5.11 Å². The second-order valence-electron chi connectivity index (χ2n) is 8.33. The predicted octanol–water partition coefficient (Wildman–Crippen LogP) is 6.49. The standard InChI is InChI=1S/C30H26O/c31-30(25-17-9-3-10-18-25,26-19-11-4-12-20-26)29-27(21-23-13-5-1-6-14-23)28(29)22-24-15-7-2-8-16-24/h1-21,28-29,31H,22H2/b27-21-/t28-,29+/m0/s1. The molecule has 1 aliphatic rings. The summed E-state index contributed by atoms with van der Waals surface area (Å²) in [6.45, 7) is 0. The molecule has 0 aliphatic heterocycles. The van der Waals surface area contributed by atoms with E-state index in [-0.39, 0.29) is 11.8 Å². The molecular formula is C30H26O. The second-order valence-corrected chi connectivity index (χ2v) is 8.33. The molecule has 1 fully saturated rings. The first kappa shape index (κ1) is 19.5. The fourth-order valence-electron chi connectivity index (χ4n) is 4.82. The minimum atomic E-state index is -1.07. The quantitative estimate of drug-likeness (QED) is 0.390. The molecule has 4 aromatic carbocycles. The van der Waals surface area contributed by atoms with Gasteiger partial charge >= 0.3 is 0 Å². The zero-order valence-electron chi connectivity index (χ0n) is 17.4. The van der Waals surface area contributed by atoms with Crippen LogP contribution in [0.4, 0.5) is 0 Å². The predicted molar refractivity (Wildman–Crippen MR) is 127 cm³/mol. The molecule has 0 saturated heterocycles. The van der Waals surface area contributed by atoms with Gasteiger partial charge in [-0.3, -0.25) is 0 Å². The minimum absolute atomic E-state index is 0.0257. The van der Waals surface area contributed by atoms with Crippen molar-refractivity contribution in [1.29, 1.82) is 0 Å². The molecular weight excluding hydrogens is 376 g/mol. The second kappa shape index (κ2) is 8.37. The summed E-state index contributed by atoms with van der Waals surface area (Å²) in [4.78, 5) is 0. The molecule has 0 radical (unpaired) electrons. The van der Waals surface area contributed by atoms with Gasteiger partial charge in [0.05, 0.1) is 0 Å². The van der Waals surface area contributed by atoms with Gasteiger partial charge < -0.3 is 5.11 Å². The largest absolute Gasteiger partial charge is 0.380 e. The van der Waals surface area contributed by atoms with Crippen molar-refractivity contribution in [2.75, 3.05) is 0 Å². The summed E-state index contributed by atoms with van der Waals surface area (Å²) in [6.07, 6.45) is 3.20. The van der Waals surface area contributed by atoms with Crippen molar-refractivity contribution in [1.82, 2.24) is 0 Å². The van der Waals surface area contributed by atoms with Crippen LogP contribution in [-0.4, -0.2) is 5.11 Å².